The molecular formula is C60H119NO20Si7. The van der Waals surface area contributed by atoms with Gasteiger partial charge in [-0.15, -0.1) is 0 Å². The van der Waals surface area contributed by atoms with Crippen LogP contribution in [-0.4, -0.2) is 179 Å². The van der Waals surface area contributed by atoms with E-state index in [1.165, 1.54) is 18.1 Å². The summed E-state index contributed by atoms with van der Waals surface area (Å²) in [6.45, 7) is 48.2. The number of hydrogen-bond acceptors (Lipinski definition) is 20. The summed E-state index contributed by atoms with van der Waals surface area (Å²) in [5.41, 5.74) is 2.42. The minimum atomic E-state index is -3.59. The molecule has 2 heterocycles. The Bertz CT molecular complexity index is 2060. The Labute approximate surface area is 539 Å². The first-order chi connectivity index (χ1) is 41.7. The minimum absolute atomic E-state index is 0.0125. The Hall–Kier alpha value is -1.65. The lowest BCUT2D eigenvalue weighted by molar-refractivity contribution is -0.119. The van der Waals surface area contributed by atoms with E-state index in [0.29, 0.717) is 85.8 Å². The topological polar surface area (TPSA) is 211 Å². The Morgan fingerprint density at radius 1 is 0.455 bits per heavy atom. The van der Waals surface area contributed by atoms with Crippen molar-refractivity contribution in [2.45, 2.75) is 211 Å². The van der Waals surface area contributed by atoms with E-state index >= 15 is 0 Å². The molecule has 0 saturated carbocycles. The van der Waals surface area contributed by atoms with Crippen molar-refractivity contribution in [3.63, 3.8) is 0 Å². The monoisotopic (exact) mass is 1370 g/mol. The van der Waals surface area contributed by atoms with Gasteiger partial charge in [-0.2, -0.15) is 0 Å². The number of amides is 1. The highest BCUT2D eigenvalue weighted by Gasteiger charge is 2.59. The maximum absolute atomic E-state index is 10.8. The van der Waals surface area contributed by atoms with Gasteiger partial charge in [0.15, 0.2) is 0 Å². The molecule has 6 unspecified atom stereocenters. The fourth-order valence-corrected chi connectivity index (χ4v) is 34.6. The Morgan fingerprint density at radius 3 is 1.05 bits per heavy atom. The first kappa shape index (κ1) is 82.4. The molecule has 88 heavy (non-hydrogen) atoms. The Balaban J connectivity index is 0.000000517. The van der Waals surface area contributed by atoms with E-state index in [1.54, 1.807) is 0 Å². The van der Waals surface area contributed by atoms with Crippen molar-refractivity contribution in [2.24, 2.45) is 0 Å². The summed E-state index contributed by atoms with van der Waals surface area (Å²) in [7, 11) is -22.2. The third-order valence-corrected chi connectivity index (χ3v) is 36.7. The number of carbonyl (C=O) groups is 1. The van der Waals surface area contributed by atoms with Crippen LogP contribution in [-0.2, 0) is 84.5 Å². The molecule has 2 fully saturated rings. The second kappa shape index (κ2) is 42.6. The van der Waals surface area contributed by atoms with E-state index in [2.05, 4.69) is 71.1 Å². The van der Waals surface area contributed by atoms with Gasteiger partial charge in [-0.25, -0.2) is 0 Å². The van der Waals surface area contributed by atoms with Crippen LogP contribution in [0.25, 0.3) is 0 Å². The lowest BCUT2D eigenvalue weighted by atomic mass is 9.78. The third kappa shape index (κ3) is 34.0. The maximum Gasteiger partial charge on any atom is 0.500 e. The molecule has 2 saturated heterocycles. The highest BCUT2D eigenvalue weighted by molar-refractivity contribution is 6.86. The zero-order chi connectivity index (χ0) is 65.8. The predicted octanol–water partition coefficient (Wildman–Crippen LogP) is 12.7. The number of hydrogen-bond donors (Lipinski definition) is 1. The highest BCUT2D eigenvalue weighted by Crippen LogP contribution is 2.35. The van der Waals surface area contributed by atoms with Gasteiger partial charge in [-0.3, -0.25) is 4.79 Å². The van der Waals surface area contributed by atoms with E-state index in [1.807, 2.05) is 112 Å². The van der Waals surface area contributed by atoms with Crippen LogP contribution in [0.1, 0.15) is 153 Å². The van der Waals surface area contributed by atoms with Crippen LogP contribution in [0.2, 0.25) is 51.9 Å². The molecule has 1 amide bonds. The molecule has 1 N–H and O–H groups in total. The van der Waals surface area contributed by atoms with Gasteiger partial charge in [0.2, 0.25) is 5.91 Å². The van der Waals surface area contributed by atoms with Crippen LogP contribution in [0.3, 0.4) is 0 Å². The van der Waals surface area contributed by atoms with Gasteiger partial charge in [-0.1, -0.05) is 86.6 Å². The smallest absolute Gasteiger partial charge is 0.491 e. The molecule has 6 atom stereocenters. The van der Waals surface area contributed by atoms with Gasteiger partial charge in [-0.05, 0) is 121 Å². The fourth-order valence-electron chi connectivity index (χ4n) is 8.70. The molecule has 512 valence electrons. The van der Waals surface area contributed by atoms with Crippen LogP contribution in [0.15, 0.2) is 48.5 Å². The van der Waals surface area contributed by atoms with Crippen molar-refractivity contribution < 1.29 is 88.6 Å². The standard InChI is InChI=1S/C28H70O12Si6.C21H24O4.C11H25NO4Si/c1-15-22-29-41(8,9)36-43(11,32-25-18-4)38-45(13,34-27-20-6)40-46(14,35-28-21-7)39-44(12,33-26-19-5)37-42(10,30-23-16-2)31-24-17-3;1-21(2,15-3-7-17(8-4-15)22-11-19-13-24-19)16-5-9-18(10-6-16)23-12-20-14-25-20;1-5-14-17(15-6-2,16-7-3)10-8-9-12-11(4)13/h15-28H2,1-14H3;3-10,19-20H,11-14H2,1-2H3;5-10H2,1-4H3,(H,12,13). The number of epoxide rings is 2. The average Bonchev–Trinajstić information content (AvgIpc) is 2.28. The third-order valence-electron chi connectivity index (χ3n) is 12.9. The molecule has 0 bridgehead atoms. The molecule has 28 heteroatoms. The van der Waals surface area contributed by atoms with Crippen molar-refractivity contribution in [2.75, 3.05) is 99.0 Å². The number of benzene rings is 2. The molecule has 4 rings (SSSR count). The highest BCUT2D eigenvalue weighted by atomic mass is 28.5. The SMILES string of the molecule is CC(C)(c1ccc(OCC2CO2)cc1)c1ccc(OCC2CO2)cc1.CCCO[Si](C)(C)O[Si](C)(OCCC)O[Si](C)(OCCC)O[Si](C)(OCCC)O[Si](C)(OCCC)O[Si](C)(OCCC)OCCC.CCO[Si](CCCNC(C)=O)(OCC)OCC. The van der Waals surface area contributed by atoms with Gasteiger partial charge in [0.05, 0.1) is 13.2 Å². The lowest BCUT2D eigenvalue weighted by Crippen LogP contribution is -2.67. The van der Waals surface area contributed by atoms with Gasteiger partial charge < -0.3 is 89.1 Å². The number of nitrogens with one attached hydrogen (secondary N) is 1. The van der Waals surface area contributed by atoms with Gasteiger partial charge in [0.25, 0.3) is 0 Å². The van der Waals surface area contributed by atoms with Crippen molar-refractivity contribution >= 4 is 67.3 Å². The molecule has 0 aromatic heterocycles. The van der Waals surface area contributed by atoms with Gasteiger partial charge in [0.1, 0.15) is 36.9 Å². The second-order valence-corrected chi connectivity index (χ2v) is 43.2. The van der Waals surface area contributed by atoms with Crippen LogP contribution in [0.5, 0.6) is 11.5 Å². The number of rotatable bonds is 49. The van der Waals surface area contributed by atoms with Gasteiger partial charge >= 0.3 is 61.4 Å². The number of ether oxygens (including phenoxy) is 4. The van der Waals surface area contributed by atoms with E-state index in [0.717, 1.165) is 82.1 Å². The summed E-state index contributed by atoms with van der Waals surface area (Å²) in [6, 6.07) is 17.4. The van der Waals surface area contributed by atoms with Crippen molar-refractivity contribution in [3.05, 3.63) is 59.7 Å². The molecule has 2 aliphatic rings. The van der Waals surface area contributed by atoms with Crippen molar-refractivity contribution in [1.29, 1.82) is 0 Å². The predicted molar refractivity (Wildman–Crippen MR) is 359 cm³/mol. The van der Waals surface area contributed by atoms with E-state index in [9.17, 15) is 4.79 Å². The summed E-state index contributed by atoms with van der Waals surface area (Å²) in [4.78, 5) is 10.8. The van der Waals surface area contributed by atoms with Crippen LogP contribution < -0.4 is 14.8 Å². The molecular weight excluding hydrogens is 1250 g/mol. The summed E-state index contributed by atoms with van der Waals surface area (Å²) in [5, 5.41) is 2.76. The zero-order valence-electron chi connectivity index (χ0n) is 57.9. The Morgan fingerprint density at radius 2 is 0.750 bits per heavy atom. The van der Waals surface area contributed by atoms with Crippen LogP contribution >= 0.6 is 0 Å². The number of carbonyl (C=O) groups excluding carboxylic acids is 1. The second-order valence-electron chi connectivity index (χ2n) is 22.9. The van der Waals surface area contributed by atoms with Gasteiger partial charge in [0, 0.05) is 124 Å². The summed E-state index contributed by atoms with van der Waals surface area (Å²) in [6.07, 6.45) is 7.02. The minimum Gasteiger partial charge on any atom is -0.491 e. The molecule has 0 radical (unpaired) electrons. The molecule has 0 spiro atoms. The lowest BCUT2D eigenvalue weighted by Gasteiger charge is -2.43. The fraction of sp³-hybridized carbons (Fsp3) is 0.783. The maximum atomic E-state index is 10.8. The first-order valence-corrected chi connectivity index (χ1v) is 48.4. The average molecular weight is 1370 g/mol. The molecule has 2 aromatic rings. The van der Waals surface area contributed by atoms with Crippen molar-refractivity contribution in [3.8, 4) is 11.5 Å². The molecule has 0 aliphatic carbocycles. The summed E-state index contributed by atoms with van der Waals surface area (Å²) in [5.74, 6) is 1.77. The van der Waals surface area contributed by atoms with E-state index in [-0.39, 0.29) is 23.5 Å². The Kier molecular flexibility index (Phi) is 39.9. The van der Waals surface area contributed by atoms with E-state index < -0.39 is 61.4 Å². The summed E-state index contributed by atoms with van der Waals surface area (Å²) >= 11 is 0. The molecule has 2 aromatic carbocycles. The van der Waals surface area contributed by atoms with Crippen molar-refractivity contribution in [1.82, 2.24) is 5.32 Å². The van der Waals surface area contributed by atoms with E-state index in [4.69, 9.17) is 83.8 Å². The largest absolute Gasteiger partial charge is 0.500 e. The molecule has 2 aliphatic heterocycles. The van der Waals surface area contributed by atoms with Crippen LogP contribution in [0, 0.1) is 0 Å². The normalized spacial score (nSPS) is 17.9. The first-order valence-electron chi connectivity index (χ1n) is 32.5. The molecule has 21 nitrogen and oxygen atoms in total. The summed E-state index contributed by atoms with van der Waals surface area (Å²) < 4.78 is 117. The quantitative estimate of drug-likeness (QED) is 0.0371. The van der Waals surface area contributed by atoms with Crippen LogP contribution in [0.4, 0.5) is 0 Å². The zero-order valence-corrected chi connectivity index (χ0v) is 64.9.